The molecule has 0 aromatic heterocycles. The second-order valence-electron chi connectivity index (χ2n) is 4.35. The largest absolute Gasteiger partial charge is 0.481 e. The molecule has 18 heavy (non-hydrogen) atoms. The first kappa shape index (κ1) is 15.2. The van der Waals surface area contributed by atoms with Crippen LogP contribution in [-0.2, 0) is 9.53 Å². The molecule has 1 fully saturated rings. The van der Waals surface area contributed by atoms with Crippen LogP contribution >= 0.6 is 0 Å². The summed E-state index contributed by atoms with van der Waals surface area (Å²) in [5.41, 5.74) is 0. The lowest BCUT2D eigenvalue weighted by molar-refractivity contribution is -0.192. The van der Waals surface area contributed by atoms with Gasteiger partial charge in [0.2, 0.25) is 0 Å². The summed E-state index contributed by atoms with van der Waals surface area (Å²) in [6, 6.07) is 0. The number of aliphatic carboxylic acids is 1. The summed E-state index contributed by atoms with van der Waals surface area (Å²) in [4.78, 5) is 12.5. The second kappa shape index (κ2) is 6.35. The van der Waals surface area contributed by atoms with Crippen LogP contribution in [0.15, 0.2) is 0 Å². The van der Waals surface area contributed by atoms with Gasteiger partial charge < -0.3 is 20.1 Å². The maximum absolute atomic E-state index is 12.3. The lowest BCUT2D eigenvalue weighted by atomic mass is 10.1. The molecule has 2 atom stereocenters. The Balaban J connectivity index is 2.33. The van der Waals surface area contributed by atoms with Crippen LogP contribution in [0.2, 0.25) is 0 Å². The highest BCUT2D eigenvalue weighted by atomic mass is 19.4. The number of rotatable bonds is 5. The summed E-state index contributed by atoms with van der Waals surface area (Å²) >= 11 is 0. The van der Waals surface area contributed by atoms with E-state index in [-0.39, 0.29) is 12.6 Å². The van der Waals surface area contributed by atoms with E-state index in [9.17, 15) is 18.0 Å². The molecule has 1 rings (SSSR count). The Hall–Kier alpha value is -0.860. The average Bonchev–Trinajstić information content (AvgIpc) is 2.22. The number of nitrogens with zero attached hydrogens (tertiary/aromatic N) is 1. The molecule has 0 aromatic carbocycles. The third-order valence-electron chi connectivity index (χ3n) is 2.76. The van der Waals surface area contributed by atoms with Crippen molar-refractivity contribution in [2.24, 2.45) is 5.92 Å². The normalized spacial score (nSPS) is 23.9. The number of carboxylic acid groups (broad SMARTS) is 1. The fourth-order valence-corrected chi connectivity index (χ4v) is 1.72. The summed E-state index contributed by atoms with van der Waals surface area (Å²) in [5.74, 6) is -4.24. The highest BCUT2D eigenvalue weighted by Crippen LogP contribution is 2.25. The van der Waals surface area contributed by atoms with Crippen molar-refractivity contribution in [3.8, 4) is 0 Å². The van der Waals surface area contributed by atoms with Gasteiger partial charge in [-0.2, -0.15) is 13.2 Å². The first-order valence-corrected chi connectivity index (χ1v) is 5.61. The first-order chi connectivity index (χ1) is 8.30. The molecule has 1 aliphatic rings. The van der Waals surface area contributed by atoms with Crippen LogP contribution in [0.4, 0.5) is 13.2 Å². The number of morpholine rings is 1. The maximum Gasteiger partial charge on any atom is 0.403 e. The number of carboxylic acids is 1. The Bertz CT molecular complexity index is 286. The van der Waals surface area contributed by atoms with E-state index in [4.69, 9.17) is 9.84 Å². The smallest absolute Gasteiger partial charge is 0.403 e. The monoisotopic (exact) mass is 270 g/mol. The van der Waals surface area contributed by atoms with Gasteiger partial charge in [-0.3, -0.25) is 4.79 Å². The minimum absolute atomic E-state index is 0.202. The summed E-state index contributed by atoms with van der Waals surface area (Å²) in [5, 5.41) is 11.0. The minimum atomic E-state index is -4.73. The van der Waals surface area contributed by atoms with E-state index in [1.54, 1.807) is 0 Å². The molecule has 2 N–H and O–H groups in total. The summed E-state index contributed by atoms with van der Waals surface area (Å²) in [7, 11) is 1.89. The lowest BCUT2D eigenvalue weighted by Gasteiger charge is -2.30. The Morgan fingerprint density at radius 2 is 2.28 bits per heavy atom. The topological polar surface area (TPSA) is 61.8 Å². The van der Waals surface area contributed by atoms with Crippen molar-refractivity contribution in [2.45, 2.75) is 12.3 Å². The van der Waals surface area contributed by atoms with Crippen molar-refractivity contribution in [2.75, 3.05) is 39.8 Å². The maximum atomic E-state index is 12.3. The predicted molar refractivity (Wildman–Crippen MR) is 57.3 cm³/mol. The van der Waals surface area contributed by atoms with Gasteiger partial charge >= 0.3 is 12.1 Å². The van der Waals surface area contributed by atoms with Gasteiger partial charge in [-0.1, -0.05) is 0 Å². The highest BCUT2D eigenvalue weighted by molar-refractivity contribution is 5.71. The number of nitrogens with one attached hydrogen (secondary N) is 1. The number of halogens is 3. The molecular formula is C10H17F3N2O3. The second-order valence-corrected chi connectivity index (χ2v) is 4.35. The first-order valence-electron chi connectivity index (χ1n) is 5.61. The number of likely N-dealkylation sites (N-methyl/N-ethyl adjacent to an activating group) is 1. The third-order valence-corrected chi connectivity index (χ3v) is 2.76. The SMILES string of the molecule is CN1CCOC(CNCC(C(=O)O)C(F)(F)F)C1. The minimum Gasteiger partial charge on any atom is -0.481 e. The van der Waals surface area contributed by atoms with E-state index in [1.165, 1.54) is 0 Å². The van der Waals surface area contributed by atoms with Crippen LogP contribution in [0.25, 0.3) is 0 Å². The molecule has 2 unspecified atom stereocenters. The highest BCUT2D eigenvalue weighted by Gasteiger charge is 2.44. The predicted octanol–water partition coefficient (Wildman–Crippen LogP) is 0.170. The van der Waals surface area contributed by atoms with Crippen LogP contribution in [0.3, 0.4) is 0 Å². The van der Waals surface area contributed by atoms with Gasteiger partial charge in [0.15, 0.2) is 5.92 Å². The Morgan fingerprint density at radius 1 is 1.61 bits per heavy atom. The van der Waals surface area contributed by atoms with E-state index < -0.39 is 24.6 Å². The summed E-state index contributed by atoms with van der Waals surface area (Å²) in [6.45, 7) is 1.52. The fourth-order valence-electron chi connectivity index (χ4n) is 1.72. The molecular weight excluding hydrogens is 253 g/mol. The average molecular weight is 270 g/mol. The van der Waals surface area contributed by atoms with Crippen LogP contribution in [-0.4, -0.2) is 68.1 Å². The van der Waals surface area contributed by atoms with Crippen LogP contribution in [0.1, 0.15) is 0 Å². The zero-order chi connectivity index (χ0) is 13.8. The Morgan fingerprint density at radius 3 is 2.78 bits per heavy atom. The fraction of sp³-hybridized carbons (Fsp3) is 0.900. The van der Waals surface area contributed by atoms with E-state index >= 15 is 0 Å². The van der Waals surface area contributed by atoms with Gasteiger partial charge in [0, 0.05) is 26.2 Å². The van der Waals surface area contributed by atoms with Crippen molar-refractivity contribution < 1.29 is 27.8 Å². The molecule has 1 heterocycles. The summed E-state index contributed by atoms with van der Waals surface area (Å²) in [6.07, 6.45) is -4.94. The molecule has 0 saturated carbocycles. The van der Waals surface area contributed by atoms with Crippen LogP contribution < -0.4 is 5.32 Å². The van der Waals surface area contributed by atoms with E-state index in [0.29, 0.717) is 13.2 Å². The molecule has 5 nitrogen and oxygen atoms in total. The zero-order valence-corrected chi connectivity index (χ0v) is 10.0. The molecule has 0 radical (unpaired) electrons. The lowest BCUT2D eigenvalue weighted by Crippen LogP contribution is -2.47. The van der Waals surface area contributed by atoms with Gasteiger partial charge in [0.25, 0.3) is 0 Å². The van der Waals surface area contributed by atoms with E-state index in [2.05, 4.69) is 5.32 Å². The molecule has 8 heteroatoms. The number of ether oxygens (including phenoxy) is 1. The molecule has 0 bridgehead atoms. The van der Waals surface area contributed by atoms with Gasteiger partial charge in [0.05, 0.1) is 12.7 Å². The van der Waals surface area contributed by atoms with Crippen LogP contribution in [0.5, 0.6) is 0 Å². The molecule has 0 aromatic rings. The van der Waals surface area contributed by atoms with Crippen molar-refractivity contribution in [1.82, 2.24) is 10.2 Å². The van der Waals surface area contributed by atoms with Crippen molar-refractivity contribution >= 4 is 5.97 Å². The standard InChI is InChI=1S/C10H17F3N2O3/c1-15-2-3-18-7(6-15)4-14-5-8(9(16)17)10(11,12)13/h7-8,14H,2-6H2,1H3,(H,16,17). The third kappa shape index (κ3) is 4.79. The molecule has 0 amide bonds. The van der Waals surface area contributed by atoms with Gasteiger partial charge in [0.1, 0.15) is 0 Å². The molecule has 0 spiro atoms. The van der Waals surface area contributed by atoms with Gasteiger partial charge in [-0.25, -0.2) is 0 Å². The van der Waals surface area contributed by atoms with E-state index in [0.717, 1.165) is 6.54 Å². The van der Waals surface area contributed by atoms with Gasteiger partial charge in [-0.05, 0) is 7.05 Å². The van der Waals surface area contributed by atoms with Crippen molar-refractivity contribution in [1.29, 1.82) is 0 Å². The molecule has 1 saturated heterocycles. The quantitative estimate of drug-likeness (QED) is 0.745. The molecule has 1 aliphatic heterocycles. The number of hydrogen-bond acceptors (Lipinski definition) is 4. The van der Waals surface area contributed by atoms with E-state index in [1.807, 2.05) is 11.9 Å². The van der Waals surface area contributed by atoms with Crippen molar-refractivity contribution in [3.63, 3.8) is 0 Å². The Kier molecular flexibility index (Phi) is 5.36. The van der Waals surface area contributed by atoms with Crippen LogP contribution in [0, 0.1) is 5.92 Å². The van der Waals surface area contributed by atoms with Gasteiger partial charge in [-0.15, -0.1) is 0 Å². The number of hydrogen-bond donors (Lipinski definition) is 2. The Labute approximate surface area is 103 Å². The number of alkyl halides is 3. The molecule has 106 valence electrons. The number of carbonyl (C=O) groups is 1. The zero-order valence-electron chi connectivity index (χ0n) is 10.0. The summed E-state index contributed by atoms with van der Waals surface area (Å²) < 4.78 is 42.4. The van der Waals surface area contributed by atoms with Crippen molar-refractivity contribution in [3.05, 3.63) is 0 Å². The molecule has 0 aliphatic carbocycles.